The molecule has 0 unspecified atom stereocenters. The molecule has 0 atom stereocenters. The van der Waals surface area contributed by atoms with E-state index in [1.165, 1.54) is 29.5 Å². The van der Waals surface area contributed by atoms with Gasteiger partial charge in [-0.1, -0.05) is 30.3 Å². The second kappa shape index (κ2) is 10.3. The van der Waals surface area contributed by atoms with Gasteiger partial charge in [0.25, 0.3) is 5.91 Å². The van der Waals surface area contributed by atoms with E-state index in [1.54, 1.807) is 11.9 Å². The summed E-state index contributed by atoms with van der Waals surface area (Å²) >= 11 is 3.08. The van der Waals surface area contributed by atoms with Gasteiger partial charge in [0, 0.05) is 40.6 Å². The zero-order valence-electron chi connectivity index (χ0n) is 19.2. The summed E-state index contributed by atoms with van der Waals surface area (Å²) in [6, 6.07) is 23.7. The highest BCUT2D eigenvalue weighted by atomic mass is 32.2. The van der Waals surface area contributed by atoms with Crippen molar-refractivity contribution < 1.29 is 9.59 Å². The van der Waals surface area contributed by atoms with E-state index in [4.69, 9.17) is 0 Å². The van der Waals surface area contributed by atoms with Gasteiger partial charge in [-0.3, -0.25) is 14.9 Å². The number of hydrogen-bond acceptors (Lipinski definition) is 6. The predicted octanol–water partition coefficient (Wildman–Crippen LogP) is 6.48. The second-order valence-electron chi connectivity index (χ2n) is 8.20. The summed E-state index contributed by atoms with van der Waals surface area (Å²) in [6.45, 7) is 2.48. The summed E-state index contributed by atoms with van der Waals surface area (Å²) in [4.78, 5) is 29.6. The molecule has 6 nitrogen and oxygen atoms in total. The SMILES string of the molecule is CC(=O)Nc1ccc(-c2csc(NC(=O)c3ccc(SN4CCCc5ccccc54)cc3)n2)cc1. The maximum atomic E-state index is 12.8. The highest BCUT2D eigenvalue weighted by Gasteiger charge is 2.18. The summed E-state index contributed by atoms with van der Waals surface area (Å²) in [5.74, 6) is -0.299. The van der Waals surface area contributed by atoms with Crippen molar-refractivity contribution in [3.8, 4) is 11.3 Å². The molecule has 3 aromatic carbocycles. The molecule has 0 fully saturated rings. The van der Waals surface area contributed by atoms with Crippen LogP contribution in [-0.4, -0.2) is 23.3 Å². The zero-order chi connectivity index (χ0) is 24.2. The molecule has 0 aliphatic carbocycles. The minimum absolute atomic E-state index is 0.111. The van der Waals surface area contributed by atoms with Crippen LogP contribution in [0.1, 0.15) is 29.3 Å². The summed E-state index contributed by atoms with van der Waals surface area (Å²) in [6.07, 6.45) is 2.26. The fraction of sp³-hybridized carbons (Fsp3) is 0.148. The van der Waals surface area contributed by atoms with Gasteiger partial charge >= 0.3 is 0 Å². The van der Waals surface area contributed by atoms with Crippen LogP contribution in [0.2, 0.25) is 0 Å². The number of nitrogens with one attached hydrogen (secondary N) is 2. The van der Waals surface area contributed by atoms with Crippen molar-refractivity contribution in [3.05, 3.63) is 89.3 Å². The molecule has 0 saturated heterocycles. The van der Waals surface area contributed by atoms with Gasteiger partial charge in [-0.05, 0) is 72.8 Å². The van der Waals surface area contributed by atoms with E-state index >= 15 is 0 Å². The first-order valence-electron chi connectivity index (χ1n) is 11.3. The molecular weight excluding hydrogens is 476 g/mol. The molecule has 0 saturated carbocycles. The Morgan fingerprint density at radius 2 is 1.74 bits per heavy atom. The van der Waals surface area contributed by atoms with Crippen molar-refractivity contribution in [3.63, 3.8) is 0 Å². The van der Waals surface area contributed by atoms with Crippen molar-refractivity contribution in [2.75, 3.05) is 21.5 Å². The van der Waals surface area contributed by atoms with Crippen LogP contribution >= 0.6 is 23.3 Å². The quantitative estimate of drug-likeness (QED) is 0.296. The molecule has 1 aliphatic rings. The smallest absolute Gasteiger partial charge is 0.257 e. The number of hydrogen-bond donors (Lipinski definition) is 2. The normalized spacial score (nSPS) is 12.7. The number of aryl methyl sites for hydroxylation is 1. The van der Waals surface area contributed by atoms with Crippen LogP contribution in [0.3, 0.4) is 0 Å². The van der Waals surface area contributed by atoms with Gasteiger partial charge in [-0.15, -0.1) is 11.3 Å². The van der Waals surface area contributed by atoms with Gasteiger partial charge in [-0.25, -0.2) is 4.98 Å². The average Bonchev–Trinajstić information content (AvgIpc) is 3.33. The van der Waals surface area contributed by atoms with Crippen LogP contribution in [0.25, 0.3) is 11.3 Å². The number of fused-ring (bicyclic) bond motifs is 1. The van der Waals surface area contributed by atoms with Crippen LogP contribution < -0.4 is 14.9 Å². The minimum atomic E-state index is -0.188. The minimum Gasteiger partial charge on any atom is -0.326 e. The molecule has 176 valence electrons. The number of anilines is 3. The van der Waals surface area contributed by atoms with Crippen molar-refractivity contribution in [2.24, 2.45) is 0 Å². The molecule has 35 heavy (non-hydrogen) atoms. The Morgan fingerprint density at radius 3 is 2.51 bits per heavy atom. The Kier molecular flexibility index (Phi) is 6.83. The summed E-state index contributed by atoms with van der Waals surface area (Å²) in [7, 11) is 0. The number of benzene rings is 3. The van der Waals surface area contributed by atoms with E-state index in [2.05, 4.69) is 44.2 Å². The molecule has 5 rings (SSSR count). The maximum Gasteiger partial charge on any atom is 0.257 e. The third-order valence-electron chi connectivity index (χ3n) is 5.63. The Morgan fingerprint density at radius 1 is 0.971 bits per heavy atom. The van der Waals surface area contributed by atoms with E-state index in [-0.39, 0.29) is 11.8 Å². The molecule has 1 aliphatic heterocycles. The van der Waals surface area contributed by atoms with Crippen molar-refractivity contribution >= 4 is 51.6 Å². The standard InChI is InChI=1S/C27H24N4O2S2/c1-18(32)28-22-12-8-19(9-13-22)24-17-34-27(29-24)30-26(33)21-10-14-23(15-11-21)35-31-16-4-6-20-5-2-3-7-25(20)31/h2-3,5,7-15,17H,4,6,16H2,1H3,(H,28,32)(H,29,30,33). The molecule has 0 bridgehead atoms. The Bertz CT molecular complexity index is 1350. The van der Waals surface area contributed by atoms with Gasteiger partial charge in [-0.2, -0.15) is 0 Å². The summed E-state index contributed by atoms with van der Waals surface area (Å²) in [5.41, 5.74) is 5.66. The van der Waals surface area contributed by atoms with Crippen LogP contribution in [-0.2, 0) is 11.2 Å². The summed E-state index contributed by atoms with van der Waals surface area (Å²) in [5, 5.41) is 8.08. The molecule has 1 aromatic heterocycles. The third kappa shape index (κ3) is 5.55. The van der Waals surface area contributed by atoms with Gasteiger partial charge in [0.15, 0.2) is 5.13 Å². The number of rotatable bonds is 6. The third-order valence-corrected chi connectivity index (χ3v) is 7.47. The highest BCUT2D eigenvalue weighted by molar-refractivity contribution is 8.00. The van der Waals surface area contributed by atoms with E-state index in [1.807, 2.05) is 53.9 Å². The van der Waals surface area contributed by atoms with Gasteiger partial charge in [0.05, 0.1) is 11.4 Å². The van der Waals surface area contributed by atoms with Gasteiger partial charge < -0.3 is 9.62 Å². The molecule has 4 aromatic rings. The van der Waals surface area contributed by atoms with Crippen molar-refractivity contribution in [2.45, 2.75) is 24.7 Å². The van der Waals surface area contributed by atoms with Crippen molar-refractivity contribution in [1.82, 2.24) is 4.98 Å². The van der Waals surface area contributed by atoms with Crippen LogP contribution in [0.5, 0.6) is 0 Å². The van der Waals surface area contributed by atoms with E-state index < -0.39 is 0 Å². The number of thiazole rings is 1. The first-order valence-corrected chi connectivity index (χ1v) is 13.0. The number of aromatic nitrogens is 1. The van der Waals surface area contributed by atoms with Crippen LogP contribution in [0.4, 0.5) is 16.5 Å². The van der Waals surface area contributed by atoms with Crippen LogP contribution in [0.15, 0.2) is 83.1 Å². The van der Waals surface area contributed by atoms with Crippen LogP contribution in [0, 0.1) is 0 Å². The first-order chi connectivity index (χ1) is 17.0. The zero-order valence-corrected chi connectivity index (χ0v) is 20.8. The highest BCUT2D eigenvalue weighted by Crippen LogP contribution is 2.35. The lowest BCUT2D eigenvalue weighted by Crippen LogP contribution is -2.22. The molecule has 8 heteroatoms. The Hall–Kier alpha value is -3.62. The largest absolute Gasteiger partial charge is 0.326 e. The van der Waals surface area contributed by atoms with Crippen molar-refractivity contribution in [1.29, 1.82) is 0 Å². The molecule has 0 spiro atoms. The fourth-order valence-corrected chi connectivity index (χ4v) is 5.67. The average molecular weight is 501 g/mol. The Balaban J connectivity index is 1.21. The predicted molar refractivity (Wildman–Crippen MR) is 144 cm³/mol. The maximum absolute atomic E-state index is 12.8. The molecule has 2 amide bonds. The monoisotopic (exact) mass is 500 g/mol. The second-order valence-corrected chi connectivity index (χ2v) is 10.2. The number of amides is 2. The fourth-order valence-electron chi connectivity index (χ4n) is 3.95. The van der Waals surface area contributed by atoms with E-state index in [0.29, 0.717) is 10.7 Å². The molecule has 2 N–H and O–H groups in total. The molecule has 2 heterocycles. The summed E-state index contributed by atoms with van der Waals surface area (Å²) < 4.78 is 2.33. The molecular formula is C27H24N4O2S2. The lowest BCUT2D eigenvalue weighted by Gasteiger charge is -2.29. The van der Waals surface area contributed by atoms with E-state index in [0.717, 1.165) is 41.2 Å². The lowest BCUT2D eigenvalue weighted by molar-refractivity contribution is -0.114. The van der Waals surface area contributed by atoms with Gasteiger partial charge in [0.2, 0.25) is 5.91 Å². The van der Waals surface area contributed by atoms with Gasteiger partial charge in [0.1, 0.15) is 0 Å². The number of carbonyl (C=O) groups excluding carboxylic acids is 2. The first kappa shape index (κ1) is 23.1. The van der Waals surface area contributed by atoms with E-state index in [9.17, 15) is 9.59 Å². The number of para-hydroxylation sites is 1. The number of nitrogens with zero attached hydrogens (tertiary/aromatic N) is 2. The number of carbonyl (C=O) groups is 2. The molecule has 0 radical (unpaired) electrons. The lowest BCUT2D eigenvalue weighted by atomic mass is 10.0. The Labute approximate surface area is 212 Å². The topological polar surface area (TPSA) is 74.3 Å².